The number of nitrogens with one attached hydrogen (secondary N) is 1. The maximum absolute atomic E-state index is 5.25. The third kappa shape index (κ3) is 3.72. The third-order valence-electron chi connectivity index (χ3n) is 3.70. The van der Waals surface area contributed by atoms with Gasteiger partial charge in [-0.05, 0) is 65.7 Å². The molecule has 1 fully saturated rings. The number of hydrogen-bond acceptors (Lipinski definition) is 2. The van der Waals surface area contributed by atoms with Crippen LogP contribution in [0.2, 0.25) is 0 Å². The first kappa shape index (κ1) is 13.9. The van der Waals surface area contributed by atoms with Crippen LogP contribution in [0.4, 0.5) is 0 Å². The Kier molecular flexibility index (Phi) is 4.68. The van der Waals surface area contributed by atoms with Crippen molar-refractivity contribution in [2.45, 2.75) is 45.2 Å². The highest BCUT2D eigenvalue weighted by Gasteiger charge is 2.25. The van der Waals surface area contributed by atoms with Gasteiger partial charge in [-0.1, -0.05) is 13.0 Å². The molecule has 3 heteroatoms. The molecule has 2 unspecified atom stereocenters. The normalized spacial score (nSPS) is 18.4. The van der Waals surface area contributed by atoms with Gasteiger partial charge in [0.05, 0.1) is 11.6 Å². The Bertz CT molecular complexity index is 403. The van der Waals surface area contributed by atoms with Crippen LogP contribution in [0.15, 0.2) is 22.7 Å². The summed E-state index contributed by atoms with van der Waals surface area (Å²) < 4.78 is 6.29. The van der Waals surface area contributed by atoms with Gasteiger partial charge in [0.15, 0.2) is 0 Å². The van der Waals surface area contributed by atoms with Gasteiger partial charge in [0.25, 0.3) is 0 Å². The summed E-state index contributed by atoms with van der Waals surface area (Å²) in [6.07, 6.45) is 3.81. The zero-order valence-electron chi connectivity index (χ0n) is 11.4. The van der Waals surface area contributed by atoms with E-state index in [1.54, 1.807) is 7.11 Å². The van der Waals surface area contributed by atoms with Crippen molar-refractivity contribution >= 4 is 15.9 Å². The first-order valence-corrected chi connectivity index (χ1v) is 7.48. The van der Waals surface area contributed by atoms with E-state index in [0.717, 1.165) is 22.7 Å². The van der Waals surface area contributed by atoms with E-state index in [1.807, 2.05) is 6.07 Å². The SMILES string of the molecule is COc1ccc(CC(C)C(C)NC2CC2)cc1Br. The molecule has 0 spiro atoms. The summed E-state index contributed by atoms with van der Waals surface area (Å²) in [5.74, 6) is 1.54. The van der Waals surface area contributed by atoms with E-state index in [4.69, 9.17) is 4.74 Å². The molecule has 2 atom stereocenters. The molecule has 1 aromatic rings. The Morgan fingerprint density at radius 2 is 2.11 bits per heavy atom. The van der Waals surface area contributed by atoms with Crippen LogP contribution < -0.4 is 10.1 Å². The van der Waals surface area contributed by atoms with E-state index >= 15 is 0 Å². The lowest BCUT2D eigenvalue weighted by Crippen LogP contribution is -2.34. The quantitative estimate of drug-likeness (QED) is 0.863. The first-order valence-electron chi connectivity index (χ1n) is 6.68. The maximum atomic E-state index is 5.25. The molecule has 18 heavy (non-hydrogen) atoms. The van der Waals surface area contributed by atoms with E-state index in [1.165, 1.54) is 18.4 Å². The van der Waals surface area contributed by atoms with Crippen molar-refractivity contribution in [2.24, 2.45) is 5.92 Å². The Morgan fingerprint density at radius 3 is 2.67 bits per heavy atom. The van der Waals surface area contributed by atoms with Crippen LogP contribution in [0.5, 0.6) is 5.75 Å². The van der Waals surface area contributed by atoms with Crippen molar-refractivity contribution in [3.63, 3.8) is 0 Å². The summed E-state index contributed by atoms with van der Waals surface area (Å²) in [5, 5.41) is 3.67. The van der Waals surface area contributed by atoms with Crippen LogP contribution in [0, 0.1) is 5.92 Å². The molecule has 1 N–H and O–H groups in total. The molecule has 1 aliphatic carbocycles. The van der Waals surface area contributed by atoms with Crippen molar-refractivity contribution in [1.29, 1.82) is 0 Å². The minimum atomic E-state index is 0.582. The Morgan fingerprint density at radius 1 is 1.39 bits per heavy atom. The molecule has 0 amide bonds. The summed E-state index contributed by atoms with van der Waals surface area (Å²) in [6, 6.07) is 7.72. The van der Waals surface area contributed by atoms with Crippen molar-refractivity contribution in [3.05, 3.63) is 28.2 Å². The van der Waals surface area contributed by atoms with Gasteiger partial charge in [-0.15, -0.1) is 0 Å². The standard InChI is InChI=1S/C15H22BrNO/c1-10(11(2)17-13-5-6-13)8-12-4-7-15(18-3)14(16)9-12/h4,7,9-11,13,17H,5-6,8H2,1-3H3. The summed E-state index contributed by atoms with van der Waals surface area (Å²) in [4.78, 5) is 0. The Hall–Kier alpha value is -0.540. The minimum Gasteiger partial charge on any atom is -0.496 e. The second kappa shape index (κ2) is 6.07. The molecule has 0 heterocycles. The van der Waals surface area contributed by atoms with Crippen LogP contribution in [0.1, 0.15) is 32.3 Å². The van der Waals surface area contributed by atoms with Crippen molar-refractivity contribution < 1.29 is 4.74 Å². The topological polar surface area (TPSA) is 21.3 Å². The monoisotopic (exact) mass is 311 g/mol. The van der Waals surface area contributed by atoms with E-state index in [2.05, 4.69) is 47.2 Å². The number of ether oxygens (including phenoxy) is 1. The highest BCUT2D eigenvalue weighted by atomic mass is 79.9. The van der Waals surface area contributed by atoms with E-state index in [-0.39, 0.29) is 0 Å². The van der Waals surface area contributed by atoms with Crippen LogP contribution in [0.25, 0.3) is 0 Å². The molecule has 2 nitrogen and oxygen atoms in total. The zero-order valence-corrected chi connectivity index (χ0v) is 13.0. The fourth-order valence-corrected chi connectivity index (χ4v) is 2.76. The molecular formula is C15H22BrNO. The number of benzene rings is 1. The van der Waals surface area contributed by atoms with Crippen LogP contribution in [-0.4, -0.2) is 19.2 Å². The molecule has 0 aliphatic heterocycles. The van der Waals surface area contributed by atoms with Gasteiger partial charge in [-0.2, -0.15) is 0 Å². The average Bonchev–Trinajstić information content (AvgIpc) is 3.13. The molecule has 0 bridgehead atoms. The lowest BCUT2D eigenvalue weighted by Gasteiger charge is -2.21. The highest BCUT2D eigenvalue weighted by Crippen LogP contribution is 2.27. The summed E-state index contributed by atoms with van der Waals surface area (Å²) in [7, 11) is 1.70. The van der Waals surface area contributed by atoms with E-state index in [0.29, 0.717) is 12.0 Å². The molecule has 0 saturated heterocycles. The van der Waals surface area contributed by atoms with Crippen LogP contribution >= 0.6 is 15.9 Å². The van der Waals surface area contributed by atoms with Crippen molar-refractivity contribution in [1.82, 2.24) is 5.32 Å². The molecule has 0 radical (unpaired) electrons. The molecule has 0 aromatic heterocycles. The second-order valence-electron chi connectivity index (χ2n) is 5.38. The van der Waals surface area contributed by atoms with Crippen molar-refractivity contribution in [3.8, 4) is 5.75 Å². The Labute approximate surface area is 118 Å². The molecule has 1 aromatic carbocycles. The van der Waals surface area contributed by atoms with Gasteiger partial charge in [-0.25, -0.2) is 0 Å². The van der Waals surface area contributed by atoms with Gasteiger partial charge in [0, 0.05) is 12.1 Å². The Balaban J connectivity index is 1.92. The van der Waals surface area contributed by atoms with Crippen molar-refractivity contribution in [2.75, 3.05) is 7.11 Å². The predicted octanol–water partition coefficient (Wildman–Crippen LogP) is 3.78. The van der Waals surface area contributed by atoms with Gasteiger partial charge in [0.2, 0.25) is 0 Å². The number of methoxy groups -OCH3 is 1. The molecule has 2 rings (SSSR count). The summed E-state index contributed by atoms with van der Waals surface area (Å²) >= 11 is 3.54. The number of halogens is 1. The van der Waals surface area contributed by atoms with Gasteiger partial charge >= 0.3 is 0 Å². The molecule has 1 saturated carbocycles. The van der Waals surface area contributed by atoms with Gasteiger partial charge in [0.1, 0.15) is 5.75 Å². The predicted molar refractivity (Wildman–Crippen MR) is 79.2 cm³/mol. The largest absolute Gasteiger partial charge is 0.496 e. The molecule has 100 valence electrons. The lowest BCUT2D eigenvalue weighted by atomic mass is 9.95. The fourth-order valence-electron chi connectivity index (χ4n) is 2.17. The third-order valence-corrected chi connectivity index (χ3v) is 4.32. The minimum absolute atomic E-state index is 0.582. The highest BCUT2D eigenvalue weighted by molar-refractivity contribution is 9.10. The smallest absolute Gasteiger partial charge is 0.133 e. The van der Waals surface area contributed by atoms with Gasteiger partial charge in [-0.3, -0.25) is 0 Å². The summed E-state index contributed by atoms with van der Waals surface area (Å²) in [6.45, 7) is 4.61. The van der Waals surface area contributed by atoms with Gasteiger partial charge < -0.3 is 10.1 Å². The van der Waals surface area contributed by atoms with E-state index in [9.17, 15) is 0 Å². The lowest BCUT2D eigenvalue weighted by molar-refractivity contribution is 0.394. The zero-order chi connectivity index (χ0) is 13.1. The number of hydrogen-bond donors (Lipinski definition) is 1. The molecular weight excluding hydrogens is 290 g/mol. The molecule has 1 aliphatic rings. The fraction of sp³-hybridized carbons (Fsp3) is 0.600. The number of rotatable bonds is 6. The maximum Gasteiger partial charge on any atom is 0.133 e. The summed E-state index contributed by atoms with van der Waals surface area (Å²) in [5.41, 5.74) is 1.36. The van der Waals surface area contributed by atoms with E-state index < -0.39 is 0 Å². The first-order chi connectivity index (χ1) is 8.60. The second-order valence-corrected chi connectivity index (χ2v) is 6.23. The average molecular weight is 312 g/mol. The van der Waals surface area contributed by atoms with Crippen LogP contribution in [0.3, 0.4) is 0 Å². The van der Waals surface area contributed by atoms with Crippen LogP contribution in [-0.2, 0) is 6.42 Å².